The second kappa shape index (κ2) is 7.80. The molecule has 166 valence electrons. The molecule has 0 amide bonds. The van der Waals surface area contributed by atoms with Crippen molar-refractivity contribution in [3.8, 4) is 22.4 Å². The number of hydrogen-bond donors (Lipinski definition) is 0. The van der Waals surface area contributed by atoms with Crippen LogP contribution in [0.25, 0.3) is 44.3 Å². The molecule has 0 saturated heterocycles. The zero-order valence-corrected chi connectivity index (χ0v) is 19.5. The van der Waals surface area contributed by atoms with Crippen LogP contribution < -0.4 is 4.57 Å². The molecule has 5 rings (SSSR count). The van der Waals surface area contributed by atoms with Crippen molar-refractivity contribution in [1.29, 1.82) is 0 Å². The molecule has 0 spiro atoms. The van der Waals surface area contributed by atoms with Gasteiger partial charge in [-0.2, -0.15) is 0 Å². The second-order valence-electron chi connectivity index (χ2n) is 9.08. The van der Waals surface area contributed by atoms with Gasteiger partial charge in [0.05, 0.1) is 16.5 Å². The number of pyridine rings is 1. The maximum atomic E-state index is 15.1. The smallest absolute Gasteiger partial charge is 0.216 e. The second-order valence-corrected chi connectivity index (χ2v) is 9.08. The van der Waals surface area contributed by atoms with Gasteiger partial charge in [-0.25, -0.2) is 13.3 Å². The number of hydrogen-bond acceptors (Lipinski definition) is 1. The van der Waals surface area contributed by atoms with Gasteiger partial charge in [0, 0.05) is 23.1 Å². The zero-order chi connectivity index (χ0) is 23.4. The molecule has 33 heavy (non-hydrogen) atoms. The van der Waals surface area contributed by atoms with Crippen molar-refractivity contribution in [2.45, 2.75) is 33.6 Å². The Balaban J connectivity index is 1.92. The van der Waals surface area contributed by atoms with E-state index in [4.69, 9.17) is 4.42 Å². The van der Waals surface area contributed by atoms with Crippen molar-refractivity contribution >= 4 is 21.9 Å². The molecule has 0 radical (unpaired) electrons. The number of aryl methyl sites for hydroxylation is 3. The van der Waals surface area contributed by atoms with Crippen LogP contribution in [0.15, 0.2) is 65.2 Å². The summed E-state index contributed by atoms with van der Waals surface area (Å²) < 4.78 is 38.6. The minimum Gasteiger partial charge on any atom is -0.454 e. The van der Waals surface area contributed by atoms with Crippen LogP contribution in [0.4, 0.5) is 8.78 Å². The number of rotatable bonds is 3. The van der Waals surface area contributed by atoms with Crippen LogP contribution in [0.5, 0.6) is 0 Å². The van der Waals surface area contributed by atoms with Crippen molar-refractivity contribution in [3.63, 3.8) is 0 Å². The third-order valence-corrected chi connectivity index (χ3v) is 6.48. The molecule has 4 heteroatoms. The van der Waals surface area contributed by atoms with Gasteiger partial charge in [-0.1, -0.05) is 56.3 Å². The fourth-order valence-electron chi connectivity index (χ4n) is 4.90. The average Bonchev–Trinajstić information content (AvgIpc) is 3.14. The van der Waals surface area contributed by atoms with Crippen molar-refractivity contribution in [3.05, 3.63) is 89.1 Å². The van der Waals surface area contributed by atoms with Gasteiger partial charge in [-0.3, -0.25) is 0 Å². The average molecular weight is 443 g/mol. The highest BCUT2D eigenvalue weighted by Gasteiger charge is 2.26. The Morgan fingerprint density at radius 3 is 2.24 bits per heavy atom. The van der Waals surface area contributed by atoms with Crippen molar-refractivity contribution in [1.82, 2.24) is 0 Å². The number of nitrogens with zero attached hydrogens (tertiary/aromatic N) is 1. The summed E-state index contributed by atoms with van der Waals surface area (Å²) in [5.74, 6) is -0.894. The van der Waals surface area contributed by atoms with E-state index in [0.29, 0.717) is 27.8 Å². The quantitative estimate of drug-likeness (QED) is 0.261. The minimum atomic E-state index is -0.633. The summed E-state index contributed by atoms with van der Waals surface area (Å²) >= 11 is 0. The summed E-state index contributed by atoms with van der Waals surface area (Å²) in [7, 11) is 2.00. The van der Waals surface area contributed by atoms with Gasteiger partial charge in [0.25, 0.3) is 0 Å². The van der Waals surface area contributed by atoms with Crippen molar-refractivity contribution in [2.75, 3.05) is 0 Å². The summed E-state index contributed by atoms with van der Waals surface area (Å²) in [6.45, 7) is 8.47. The molecule has 0 unspecified atom stereocenters. The molecule has 0 aliphatic carbocycles. The van der Waals surface area contributed by atoms with E-state index >= 15 is 8.78 Å². The van der Waals surface area contributed by atoms with Crippen LogP contribution in [0.2, 0.25) is 0 Å². The lowest BCUT2D eigenvalue weighted by molar-refractivity contribution is -0.660. The summed E-state index contributed by atoms with van der Waals surface area (Å²) in [6.07, 6.45) is 2.11. The van der Waals surface area contributed by atoms with E-state index in [2.05, 4.69) is 37.6 Å². The van der Waals surface area contributed by atoms with Crippen LogP contribution in [0, 0.1) is 25.5 Å². The number of halogens is 2. The molecule has 0 atom stereocenters. The Hall–Kier alpha value is -3.53. The Bertz CT molecular complexity index is 1530. The highest BCUT2D eigenvalue weighted by atomic mass is 19.1. The molecule has 2 nitrogen and oxygen atoms in total. The number of furan rings is 1. The van der Waals surface area contributed by atoms with Gasteiger partial charge < -0.3 is 4.42 Å². The van der Waals surface area contributed by atoms with E-state index in [1.165, 1.54) is 11.1 Å². The summed E-state index contributed by atoms with van der Waals surface area (Å²) in [4.78, 5) is 0. The van der Waals surface area contributed by atoms with E-state index in [0.717, 1.165) is 22.9 Å². The monoisotopic (exact) mass is 442 g/mol. The van der Waals surface area contributed by atoms with Crippen LogP contribution in [0.1, 0.15) is 36.5 Å². The normalized spacial score (nSPS) is 11.8. The number of fused-ring (bicyclic) bond motifs is 3. The Morgan fingerprint density at radius 2 is 1.55 bits per heavy atom. The molecular weight excluding hydrogens is 416 g/mol. The van der Waals surface area contributed by atoms with Gasteiger partial charge in [-0.15, -0.1) is 0 Å². The van der Waals surface area contributed by atoms with Gasteiger partial charge in [-0.05, 0) is 36.5 Å². The first kappa shape index (κ1) is 21.3. The van der Waals surface area contributed by atoms with Gasteiger partial charge in [0.15, 0.2) is 6.20 Å². The molecule has 0 saturated carbocycles. The first-order chi connectivity index (χ1) is 15.8. The van der Waals surface area contributed by atoms with Crippen LogP contribution in [0.3, 0.4) is 0 Å². The van der Waals surface area contributed by atoms with Crippen LogP contribution >= 0.6 is 0 Å². The largest absolute Gasteiger partial charge is 0.454 e. The molecule has 3 aromatic carbocycles. The summed E-state index contributed by atoms with van der Waals surface area (Å²) in [5.41, 5.74) is 7.09. The molecule has 5 aromatic rings. The minimum absolute atomic E-state index is 0.236. The fourth-order valence-corrected chi connectivity index (χ4v) is 4.90. The van der Waals surface area contributed by atoms with Crippen LogP contribution in [-0.4, -0.2) is 0 Å². The lowest BCUT2D eigenvalue weighted by Gasteiger charge is -2.12. The lowest BCUT2D eigenvalue weighted by Crippen LogP contribution is -2.32. The Morgan fingerprint density at radius 1 is 0.818 bits per heavy atom. The first-order valence-electron chi connectivity index (χ1n) is 11.2. The number of benzene rings is 3. The number of aromatic nitrogens is 1. The predicted octanol–water partition coefficient (Wildman–Crippen LogP) is 7.76. The van der Waals surface area contributed by atoms with Gasteiger partial charge in [0.1, 0.15) is 29.8 Å². The Kier molecular flexibility index (Phi) is 5.04. The van der Waals surface area contributed by atoms with Crippen molar-refractivity contribution in [2.24, 2.45) is 7.05 Å². The molecule has 0 fully saturated rings. The maximum Gasteiger partial charge on any atom is 0.216 e. The zero-order valence-electron chi connectivity index (χ0n) is 19.5. The first-order valence-corrected chi connectivity index (χ1v) is 11.2. The summed E-state index contributed by atoms with van der Waals surface area (Å²) in [6, 6.07) is 16.1. The van der Waals surface area contributed by atoms with E-state index in [-0.39, 0.29) is 11.1 Å². The van der Waals surface area contributed by atoms with E-state index < -0.39 is 11.6 Å². The summed E-state index contributed by atoms with van der Waals surface area (Å²) in [5, 5.41) is 0.956. The third kappa shape index (κ3) is 3.32. The van der Waals surface area contributed by atoms with Crippen molar-refractivity contribution < 1.29 is 17.8 Å². The van der Waals surface area contributed by atoms with Gasteiger partial charge in [0.2, 0.25) is 5.69 Å². The molecule has 2 aromatic heterocycles. The topological polar surface area (TPSA) is 17.0 Å². The standard InChI is InChI=1S/C29H26F2NO/c1-16(2)21-13-24(32(5)15-18(21)4)25-17(3)11-12-20-27-23(31)14-22(30)26(29(27)33-28(20)25)19-9-7-6-8-10-19/h6-16H,1-5H3/q+1. The van der Waals surface area contributed by atoms with Gasteiger partial charge >= 0.3 is 0 Å². The molecular formula is C29H26F2NO+. The molecule has 0 N–H and O–H groups in total. The van der Waals surface area contributed by atoms with E-state index in [9.17, 15) is 0 Å². The lowest BCUT2D eigenvalue weighted by atomic mass is 9.94. The Labute approximate surface area is 192 Å². The third-order valence-electron chi connectivity index (χ3n) is 6.48. The maximum absolute atomic E-state index is 15.1. The van der Waals surface area contributed by atoms with Crippen LogP contribution in [-0.2, 0) is 7.05 Å². The SMILES string of the molecule is Cc1c[n+](C)c(-c2c(C)ccc3c2oc2c(-c4ccccc4)c(F)cc(F)c23)cc1C(C)C. The van der Waals surface area contributed by atoms with E-state index in [1.807, 2.05) is 56.4 Å². The van der Waals surface area contributed by atoms with E-state index in [1.54, 1.807) is 0 Å². The molecule has 0 aliphatic heterocycles. The highest BCUT2D eigenvalue weighted by molar-refractivity contribution is 6.13. The molecule has 0 aliphatic rings. The predicted molar refractivity (Wildman–Crippen MR) is 129 cm³/mol. The highest BCUT2D eigenvalue weighted by Crippen LogP contribution is 2.43. The molecule has 2 heterocycles. The molecule has 0 bridgehead atoms. The fraction of sp³-hybridized carbons (Fsp3) is 0.207.